The number of nitrogens with one attached hydrogen (secondary N) is 2. The number of anilines is 2. The van der Waals surface area contributed by atoms with Gasteiger partial charge in [-0.25, -0.2) is 0 Å². The molecule has 2 rings (SSSR count). The van der Waals surface area contributed by atoms with Gasteiger partial charge < -0.3 is 10.6 Å². The van der Waals surface area contributed by atoms with Crippen molar-refractivity contribution in [2.75, 3.05) is 17.2 Å². The fourth-order valence-corrected chi connectivity index (χ4v) is 2.65. The third kappa shape index (κ3) is 3.20. The lowest BCUT2D eigenvalue weighted by molar-refractivity contribution is 0.102. The van der Waals surface area contributed by atoms with Crippen molar-refractivity contribution in [2.24, 2.45) is 0 Å². The van der Waals surface area contributed by atoms with E-state index in [1.54, 1.807) is 12.1 Å². The number of carbonyl (C=O) groups excluding carboxylic acids is 1. The molecule has 0 radical (unpaired) electrons. The van der Waals surface area contributed by atoms with Gasteiger partial charge in [0.15, 0.2) is 0 Å². The van der Waals surface area contributed by atoms with Gasteiger partial charge in [-0.05, 0) is 25.5 Å². The maximum absolute atomic E-state index is 12.1. The summed E-state index contributed by atoms with van der Waals surface area (Å²) in [6, 6.07) is 3.47. The smallest absolute Gasteiger partial charge is 0.286 e. The Morgan fingerprint density at radius 2 is 2.10 bits per heavy atom. The van der Waals surface area contributed by atoms with Crippen LogP contribution in [0.5, 0.6) is 0 Å². The van der Waals surface area contributed by atoms with Crippen molar-refractivity contribution in [2.45, 2.75) is 13.8 Å². The number of aryl methyl sites for hydroxylation is 1. The molecule has 0 aliphatic rings. The molecule has 1 amide bonds. The molecule has 1 aromatic heterocycles. The Hall–Kier alpha value is -1.37. The van der Waals surface area contributed by atoms with Crippen LogP contribution < -0.4 is 10.6 Å². The van der Waals surface area contributed by atoms with Crippen molar-refractivity contribution in [1.29, 1.82) is 0 Å². The molecule has 0 aliphatic heterocycles. The van der Waals surface area contributed by atoms with Gasteiger partial charge in [-0.15, -0.1) is 10.2 Å². The third-order valence-corrected chi connectivity index (χ3v) is 4.15. The Morgan fingerprint density at radius 1 is 1.35 bits per heavy atom. The average Bonchev–Trinajstić information content (AvgIpc) is 2.88. The van der Waals surface area contributed by atoms with E-state index in [2.05, 4.69) is 20.8 Å². The first-order valence-electron chi connectivity index (χ1n) is 5.86. The van der Waals surface area contributed by atoms with E-state index in [0.717, 1.165) is 5.56 Å². The van der Waals surface area contributed by atoms with Crippen LogP contribution in [-0.2, 0) is 0 Å². The number of amides is 1. The molecule has 1 aromatic carbocycles. The van der Waals surface area contributed by atoms with E-state index >= 15 is 0 Å². The maximum atomic E-state index is 12.1. The van der Waals surface area contributed by atoms with Gasteiger partial charge in [0.1, 0.15) is 0 Å². The molecule has 0 fully saturated rings. The fourth-order valence-electron chi connectivity index (χ4n) is 1.48. The van der Waals surface area contributed by atoms with Crippen LogP contribution >= 0.6 is 34.5 Å². The third-order valence-electron chi connectivity index (χ3n) is 2.47. The van der Waals surface area contributed by atoms with Crippen LogP contribution in [0.1, 0.15) is 22.3 Å². The zero-order chi connectivity index (χ0) is 14.7. The number of halogens is 2. The molecule has 0 spiro atoms. The van der Waals surface area contributed by atoms with Gasteiger partial charge in [0.25, 0.3) is 5.91 Å². The minimum Gasteiger partial charge on any atom is -0.360 e. The van der Waals surface area contributed by atoms with Gasteiger partial charge in [-0.2, -0.15) is 0 Å². The molecule has 0 saturated heterocycles. The largest absolute Gasteiger partial charge is 0.360 e. The van der Waals surface area contributed by atoms with Crippen molar-refractivity contribution in [3.05, 3.63) is 32.7 Å². The highest BCUT2D eigenvalue weighted by molar-refractivity contribution is 7.17. The molecule has 106 valence electrons. The predicted molar refractivity (Wildman–Crippen MR) is 83.2 cm³/mol. The highest BCUT2D eigenvalue weighted by atomic mass is 35.5. The number of rotatable bonds is 4. The van der Waals surface area contributed by atoms with E-state index in [-0.39, 0.29) is 10.9 Å². The Bertz CT molecular complexity index is 644. The van der Waals surface area contributed by atoms with Crippen molar-refractivity contribution in [3.63, 3.8) is 0 Å². The van der Waals surface area contributed by atoms with E-state index in [9.17, 15) is 4.79 Å². The molecular weight excluding hydrogens is 319 g/mol. The first kappa shape index (κ1) is 15.0. The second-order valence-electron chi connectivity index (χ2n) is 3.95. The zero-order valence-corrected chi connectivity index (χ0v) is 13.2. The van der Waals surface area contributed by atoms with Gasteiger partial charge in [0.2, 0.25) is 10.1 Å². The number of hydrogen-bond donors (Lipinski definition) is 2. The topological polar surface area (TPSA) is 66.9 Å². The average molecular weight is 331 g/mol. The molecule has 0 unspecified atom stereocenters. The number of carbonyl (C=O) groups is 1. The Labute approximate surface area is 130 Å². The van der Waals surface area contributed by atoms with Gasteiger partial charge in [-0.1, -0.05) is 40.6 Å². The molecule has 2 aromatic rings. The molecular formula is C12H12Cl2N4OS. The molecule has 2 N–H and O–H groups in total. The Morgan fingerprint density at radius 3 is 2.80 bits per heavy atom. The Balaban J connectivity index is 2.21. The zero-order valence-electron chi connectivity index (χ0n) is 10.8. The highest BCUT2D eigenvalue weighted by Crippen LogP contribution is 2.33. The van der Waals surface area contributed by atoms with Crippen LogP contribution in [0.25, 0.3) is 0 Å². The quantitative estimate of drug-likeness (QED) is 0.893. The van der Waals surface area contributed by atoms with Gasteiger partial charge in [0, 0.05) is 6.54 Å². The summed E-state index contributed by atoms with van der Waals surface area (Å²) in [7, 11) is 0. The second kappa shape index (κ2) is 6.39. The SMILES string of the molecule is CCNc1nnc(C(=O)Nc2c(Cl)ccc(C)c2Cl)s1. The molecule has 0 saturated carbocycles. The highest BCUT2D eigenvalue weighted by Gasteiger charge is 2.16. The summed E-state index contributed by atoms with van der Waals surface area (Å²) < 4.78 is 0. The van der Waals surface area contributed by atoms with E-state index < -0.39 is 0 Å². The van der Waals surface area contributed by atoms with Crippen molar-refractivity contribution in [1.82, 2.24) is 10.2 Å². The number of hydrogen-bond acceptors (Lipinski definition) is 5. The minimum atomic E-state index is -0.388. The summed E-state index contributed by atoms with van der Waals surface area (Å²) in [6.07, 6.45) is 0. The lowest BCUT2D eigenvalue weighted by atomic mass is 10.2. The lowest BCUT2D eigenvalue weighted by Crippen LogP contribution is -2.12. The molecule has 20 heavy (non-hydrogen) atoms. The number of aromatic nitrogens is 2. The molecule has 5 nitrogen and oxygen atoms in total. The predicted octanol–water partition coefficient (Wildman–Crippen LogP) is 3.84. The summed E-state index contributed by atoms with van der Waals surface area (Å²) in [5.41, 5.74) is 1.22. The van der Waals surface area contributed by atoms with Crippen molar-refractivity contribution < 1.29 is 4.79 Å². The Kier molecular flexibility index (Phi) is 4.80. The summed E-state index contributed by atoms with van der Waals surface area (Å²) in [5.74, 6) is -0.388. The van der Waals surface area contributed by atoms with Crippen LogP contribution in [0.15, 0.2) is 12.1 Å². The van der Waals surface area contributed by atoms with Crippen LogP contribution in [0, 0.1) is 6.92 Å². The van der Waals surface area contributed by atoms with E-state index in [1.807, 2.05) is 13.8 Å². The van der Waals surface area contributed by atoms with Crippen molar-refractivity contribution >= 4 is 51.3 Å². The van der Waals surface area contributed by atoms with Crippen LogP contribution in [0.2, 0.25) is 10.0 Å². The minimum absolute atomic E-state index is 0.245. The second-order valence-corrected chi connectivity index (χ2v) is 5.71. The van der Waals surface area contributed by atoms with Gasteiger partial charge in [0.05, 0.1) is 15.7 Å². The maximum Gasteiger partial charge on any atom is 0.286 e. The molecule has 0 atom stereocenters. The molecule has 8 heteroatoms. The molecule has 0 bridgehead atoms. The van der Waals surface area contributed by atoms with E-state index in [1.165, 1.54) is 11.3 Å². The van der Waals surface area contributed by atoms with Crippen LogP contribution in [0.3, 0.4) is 0 Å². The monoisotopic (exact) mass is 330 g/mol. The first-order valence-corrected chi connectivity index (χ1v) is 7.43. The fraction of sp³-hybridized carbons (Fsp3) is 0.250. The van der Waals surface area contributed by atoms with Gasteiger partial charge in [-0.3, -0.25) is 4.79 Å². The summed E-state index contributed by atoms with van der Waals surface area (Å²) in [4.78, 5) is 12.1. The van der Waals surface area contributed by atoms with E-state index in [0.29, 0.717) is 27.4 Å². The molecule has 1 heterocycles. The number of nitrogens with zero attached hydrogens (tertiary/aromatic N) is 2. The van der Waals surface area contributed by atoms with E-state index in [4.69, 9.17) is 23.2 Å². The summed E-state index contributed by atoms with van der Waals surface area (Å²) in [5, 5.41) is 15.0. The van der Waals surface area contributed by atoms with Crippen molar-refractivity contribution in [3.8, 4) is 0 Å². The molecule has 0 aliphatic carbocycles. The standard InChI is InChI=1S/C12H12Cl2N4OS/c1-3-15-12-18-17-11(20-12)10(19)16-9-7(13)5-4-6(2)8(9)14/h4-5H,3H2,1-2H3,(H,15,18)(H,16,19). The number of benzene rings is 1. The van der Waals surface area contributed by atoms with Crippen LogP contribution in [-0.4, -0.2) is 22.6 Å². The van der Waals surface area contributed by atoms with Gasteiger partial charge >= 0.3 is 0 Å². The lowest BCUT2D eigenvalue weighted by Gasteiger charge is -2.09. The van der Waals surface area contributed by atoms with Crippen LogP contribution in [0.4, 0.5) is 10.8 Å². The first-order chi connectivity index (χ1) is 9.52. The summed E-state index contributed by atoms with van der Waals surface area (Å²) >= 11 is 13.4. The normalized spacial score (nSPS) is 10.4. The summed E-state index contributed by atoms with van der Waals surface area (Å²) in [6.45, 7) is 4.49.